The topological polar surface area (TPSA) is 42.0 Å². The van der Waals surface area contributed by atoms with Gasteiger partial charge in [-0.15, -0.1) is 0 Å². The normalized spacial score (nSPS) is 29.1. The number of nitrogens with zero attached hydrogens (tertiary/aromatic N) is 2. The van der Waals surface area contributed by atoms with Gasteiger partial charge in [0.15, 0.2) is 5.79 Å². The molecule has 5 heteroatoms. The van der Waals surface area contributed by atoms with Crippen LogP contribution in [0.4, 0.5) is 0 Å². The van der Waals surface area contributed by atoms with E-state index in [0.717, 1.165) is 58.7 Å². The van der Waals surface area contributed by atoms with Crippen molar-refractivity contribution in [3.8, 4) is 0 Å². The Morgan fingerprint density at radius 1 is 1.14 bits per heavy atom. The van der Waals surface area contributed by atoms with E-state index in [1.54, 1.807) is 0 Å². The van der Waals surface area contributed by atoms with Crippen molar-refractivity contribution in [1.29, 1.82) is 0 Å². The van der Waals surface area contributed by atoms with Crippen LogP contribution in [0.25, 0.3) is 0 Å². The Morgan fingerprint density at radius 2 is 1.86 bits per heavy atom. The van der Waals surface area contributed by atoms with Crippen LogP contribution in [0.3, 0.4) is 0 Å². The second-order valence-electron chi connectivity index (χ2n) is 6.84. The summed E-state index contributed by atoms with van der Waals surface area (Å²) in [6, 6.07) is 0.478. The quantitative estimate of drug-likeness (QED) is 0.796. The molecule has 5 nitrogen and oxygen atoms in total. The molecule has 0 aromatic carbocycles. The van der Waals surface area contributed by atoms with Crippen LogP contribution in [0.2, 0.25) is 0 Å². The number of amides is 1. The molecule has 3 aliphatic rings. The van der Waals surface area contributed by atoms with Crippen molar-refractivity contribution in [2.75, 3.05) is 39.4 Å². The second-order valence-corrected chi connectivity index (χ2v) is 6.84. The second kappa shape index (κ2) is 7.28. The maximum Gasteiger partial charge on any atom is 0.224 e. The molecule has 126 valence electrons. The molecule has 3 aliphatic heterocycles. The summed E-state index contributed by atoms with van der Waals surface area (Å²) in [6.07, 6.45) is 7.24. The molecule has 1 atom stereocenters. The zero-order valence-electron chi connectivity index (χ0n) is 13.9. The molecule has 1 unspecified atom stereocenters. The number of carbonyl (C=O) groups excluding carboxylic acids is 1. The zero-order valence-corrected chi connectivity index (χ0v) is 13.9. The van der Waals surface area contributed by atoms with Gasteiger partial charge in [-0.2, -0.15) is 0 Å². The van der Waals surface area contributed by atoms with Crippen molar-refractivity contribution in [3.63, 3.8) is 0 Å². The average molecular weight is 310 g/mol. The molecule has 1 spiro atoms. The Kier molecular flexibility index (Phi) is 5.37. The van der Waals surface area contributed by atoms with Crippen molar-refractivity contribution < 1.29 is 14.3 Å². The number of hydrogen-bond donors (Lipinski definition) is 0. The third-order valence-electron chi connectivity index (χ3n) is 5.49. The number of hydrogen-bond acceptors (Lipinski definition) is 4. The number of ether oxygens (including phenoxy) is 2. The molecule has 0 saturated carbocycles. The number of piperidine rings is 2. The van der Waals surface area contributed by atoms with Gasteiger partial charge >= 0.3 is 0 Å². The van der Waals surface area contributed by atoms with Gasteiger partial charge < -0.3 is 19.3 Å². The van der Waals surface area contributed by atoms with Gasteiger partial charge in [0.2, 0.25) is 5.91 Å². The fraction of sp³-hybridized carbons (Fsp3) is 0.941. The monoisotopic (exact) mass is 310 g/mol. The summed E-state index contributed by atoms with van der Waals surface area (Å²) >= 11 is 0. The minimum atomic E-state index is -0.305. The summed E-state index contributed by atoms with van der Waals surface area (Å²) in [6.45, 7) is 7.44. The highest BCUT2D eigenvalue weighted by atomic mass is 16.7. The Bertz CT molecular complexity index is 372. The summed E-state index contributed by atoms with van der Waals surface area (Å²) in [4.78, 5) is 17.0. The lowest BCUT2D eigenvalue weighted by atomic mass is 9.99. The van der Waals surface area contributed by atoms with Crippen LogP contribution in [-0.4, -0.2) is 66.9 Å². The van der Waals surface area contributed by atoms with Crippen LogP contribution in [-0.2, 0) is 14.3 Å². The number of rotatable bonds is 4. The maximum atomic E-state index is 12.5. The Balaban J connectivity index is 1.41. The van der Waals surface area contributed by atoms with Gasteiger partial charge in [0.1, 0.15) is 0 Å². The number of likely N-dealkylation sites (tertiary alicyclic amines) is 2. The molecular weight excluding hydrogens is 280 g/mol. The van der Waals surface area contributed by atoms with Crippen LogP contribution in [0, 0.1) is 0 Å². The molecule has 3 fully saturated rings. The molecule has 1 amide bonds. The summed E-state index contributed by atoms with van der Waals surface area (Å²) in [5.74, 6) is 0.0425. The van der Waals surface area contributed by atoms with Gasteiger partial charge in [0.25, 0.3) is 0 Å². The molecule has 22 heavy (non-hydrogen) atoms. The van der Waals surface area contributed by atoms with Crippen molar-refractivity contribution in [2.24, 2.45) is 0 Å². The van der Waals surface area contributed by atoms with E-state index >= 15 is 0 Å². The van der Waals surface area contributed by atoms with Crippen LogP contribution < -0.4 is 0 Å². The third kappa shape index (κ3) is 3.63. The van der Waals surface area contributed by atoms with Gasteiger partial charge in [-0.25, -0.2) is 0 Å². The fourth-order valence-corrected chi connectivity index (χ4v) is 4.05. The van der Waals surface area contributed by atoms with Gasteiger partial charge in [-0.05, 0) is 25.7 Å². The van der Waals surface area contributed by atoms with Gasteiger partial charge in [0, 0.05) is 51.5 Å². The molecule has 0 aromatic rings. The van der Waals surface area contributed by atoms with Gasteiger partial charge in [0.05, 0.1) is 13.2 Å². The van der Waals surface area contributed by atoms with Crippen molar-refractivity contribution in [2.45, 2.75) is 63.7 Å². The molecule has 3 rings (SSSR count). The van der Waals surface area contributed by atoms with Crippen molar-refractivity contribution in [3.05, 3.63) is 0 Å². The van der Waals surface area contributed by atoms with E-state index in [2.05, 4.69) is 16.7 Å². The predicted molar refractivity (Wildman–Crippen MR) is 84.6 cm³/mol. The molecule has 0 aliphatic carbocycles. The summed E-state index contributed by atoms with van der Waals surface area (Å²) in [5, 5.41) is 0. The SMILES string of the molecule is CCC1CCCCN1C(=O)CCN1CCC2(CC1)OCCO2. The summed E-state index contributed by atoms with van der Waals surface area (Å²) in [5.41, 5.74) is 0. The fourth-order valence-electron chi connectivity index (χ4n) is 4.05. The Morgan fingerprint density at radius 3 is 2.55 bits per heavy atom. The van der Waals surface area contributed by atoms with Gasteiger partial charge in [-0.3, -0.25) is 4.79 Å². The average Bonchev–Trinajstić information content (AvgIpc) is 3.02. The molecule has 0 radical (unpaired) electrons. The van der Waals surface area contributed by atoms with Crippen LogP contribution in [0.5, 0.6) is 0 Å². The van der Waals surface area contributed by atoms with E-state index in [9.17, 15) is 4.79 Å². The number of carbonyl (C=O) groups is 1. The highest BCUT2D eigenvalue weighted by Crippen LogP contribution is 2.31. The van der Waals surface area contributed by atoms with E-state index in [0.29, 0.717) is 18.4 Å². The minimum absolute atomic E-state index is 0.305. The predicted octanol–water partition coefficient (Wildman–Crippen LogP) is 2.01. The molecule has 3 saturated heterocycles. The first-order valence-electron chi connectivity index (χ1n) is 9.02. The lowest BCUT2D eigenvalue weighted by molar-refractivity contribution is -0.185. The molecule has 0 N–H and O–H groups in total. The molecule has 0 aromatic heterocycles. The first-order valence-corrected chi connectivity index (χ1v) is 9.02. The van der Waals surface area contributed by atoms with Crippen molar-refractivity contribution in [1.82, 2.24) is 9.80 Å². The van der Waals surface area contributed by atoms with Crippen LogP contribution in [0.1, 0.15) is 51.9 Å². The van der Waals surface area contributed by atoms with Crippen LogP contribution in [0.15, 0.2) is 0 Å². The first kappa shape index (κ1) is 16.2. The molecule has 0 bridgehead atoms. The standard InChI is InChI=1S/C17H30N2O3/c1-2-15-5-3-4-9-19(15)16(20)6-10-18-11-7-17(8-12-18)21-13-14-22-17/h15H,2-14H2,1H3. The lowest BCUT2D eigenvalue weighted by Crippen LogP contribution is -2.47. The summed E-state index contributed by atoms with van der Waals surface area (Å²) < 4.78 is 11.5. The summed E-state index contributed by atoms with van der Waals surface area (Å²) in [7, 11) is 0. The maximum absolute atomic E-state index is 12.5. The van der Waals surface area contributed by atoms with E-state index in [4.69, 9.17) is 9.47 Å². The smallest absolute Gasteiger partial charge is 0.224 e. The first-order chi connectivity index (χ1) is 10.7. The van der Waals surface area contributed by atoms with E-state index in [1.807, 2.05) is 0 Å². The van der Waals surface area contributed by atoms with Crippen LogP contribution >= 0.6 is 0 Å². The van der Waals surface area contributed by atoms with Crippen molar-refractivity contribution >= 4 is 5.91 Å². The highest BCUT2D eigenvalue weighted by molar-refractivity contribution is 5.76. The van der Waals surface area contributed by atoms with E-state index < -0.39 is 0 Å². The lowest BCUT2D eigenvalue weighted by Gasteiger charge is -2.38. The Labute approximate surface area is 133 Å². The largest absolute Gasteiger partial charge is 0.347 e. The zero-order chi connectivity index (χ0) is 15.4. The molecular formula is C17H30N2O3. The van der Waals surface area contributed by atoms with E-state index in [1.165, 1.54) is 19.3 Å². The Hall–Kier alpha value is -0.650. The van der Waals surface area contributed by atoms with E-state index in [-0.39, 0.29) is 5.79 Å². The third-order valence-corrected chi connectivity index (χ3v) is 5.49. The highest BCUT2D eigenvalue weighted by Gasteiger charge is 2.39. The molecule has 3 heterocycles. The van der Waals surface area contributed by atoms with Gasteiger partial charge in [-0.1, -0.05) is 6.92 Å². The minimum Gasteiger partial charge on any atom is -0.347 e.